The fourth-order valence-corrected chi connectivity index (χ4v) is 4.31. The SMILES string of the molecule is Cc1ccccc1C1CC(NCC(C(C)C)N2CCN(C)CC2)C1. The van der Waals surface area contributed by atoms with Crippen molar-refractivity contribution in [1.29, 1.82) is 0 Å². The molecule has 1 aliphatic carbocycles. The van der Waals surface area contributed by atoms with Gasteiger partial charge < -0.3 is 10.2 Å². The van der Waals surface area contributed by atoms with Crippen LogP contribution >= 0.6 is 0 Å². The summed E-state index contributed by atoms with van der Waals surface area (Å²) in [5, 5.41) is 3.87. The zero-order chi connectivity index (χ0) is 17.1. The lowest BCUT2D eigenvalue weighted by atomic mass is 9.74. The molecule has 2 fully saturated rings. The van der Waals surface area contributed by atoms with Crippen LogP contribution in [0.5, 0.6) is 0 Å². The maximum atomic E-state index is 3.87. The standard InChI is InChI=1S/C21H35N3/c1-16(2)21(24-11-9-23(4)10-12-24)15-22-19-13-18(14-19)20-8-6-5-7-17(20)3/h5-8,16,18-19,21-22H,9-15H2,1-4H3. The maximum absolute atomic E-state index is 3.87. The average Bonchev–Trinajstić information content (AvgIpc) is 2.52. The highest BCUT2D eigenvalue weighted by molar-refractivity contribution is 5.31. The van der Waals surface area contributed by atoms with Crippen LogP contribution in [-0.4, -0.2) is 61.7 Å². The molecule has 1 aliphatic heterocycles. The van der Waals surface area contributed by atoms with Gasteiger partial charge in [-0.3, -0.25) is 4.90 Å². The van der Waals surface area contributed by atoms with Gasteiger partial charge in [0.2, 0.25) is 0 Å². The van der Waals surface area contributed by atoms with Crippen molar-refractivity contribution < 1.29 is 0 Å². The lowest BCUT2D eigenvalue weighted by Crippen LogP contribution is -2.55. The van der Waals surface area contributed by atoms with Crippen LogP contribution in [0.3, 0.4) is 0 Å². The molecule has 0 amide bonds. The Hall–Kier alpha value is -0.900. The van der Waals surface area contributed by atoms with Crippen molar-refractivity contribution in [2.24, 2.45) is 5.92 Å². The minimum atomic E-state index is 0.677. The predicted molar refractivity (Wildman–Crippen MR) is 103 cm³/mol. The Morgan fingerprint density at radius 3 is 2.38 bits per heavy atom. The Kier molecular flexibility index (Phi) is 5.96. The largest absolute Gasteiger partial charge is 0.312 e. The van der Waals surface area contributed by atoms with Crippen LogP contribution in [-0.2, 0) is 0 Å². The van der Waals surface area contributed by atoms with Gasteiger partial charge in [0.1, 0.15) is 0 Å². The Morgan fingerprint density at radius 2 is 1.75 bits per heavy atom. The normalized spacial score (nSPS) is 27.2. The third-order valence-corrected chi connectivity index (χ3v) is 6.16. The van der Waals surface area contributed by atoms with Crippen LogP contribution in [0.2, 0.25) is 0 Å². The molecule has 0 bridgehead atoms. The van der Waals surface area contributed by atoms with Gasteiger partial charge in [0.05, 0.1) is 0 Å². The van der Waals surface area contributed by atoms with E-state index in [2.05, 4.69) is 67.2 Å². The Bertz CT molecular complexity index is 514. The van der Waals surface area contributed by atoms with E-state index in [1.54, 1.807) is 5.56 Å². The molecule has 0 radical (unpaired) electrons. The molecule has 3 nitrogen and oxygen atoms in total. The zero-order valence-electron chi connectivity index (χ0n) is 16.0. The second-order valence-corrected chi connectivity index (χ2v) is 8.28. The summed E-state index contributed by atoms with van der Waals surface area (Å²) in [5.74, 6) is 1.48. The minimum Gasteiger partial charge on any atom is -0.312 e. The van der Waals surface area contributed by atoms with Crippen molar-refractivity contribution in [3.63, 3.8) is 0 Å². The van der Waals surface area contributed by atoms with Gasteiger partial charge in [0.15, 0.2) is 0 Å². The van der Waals surface area contributed by atoms with Crippen molar-refractivity contribution in [3.8, 4) is 0 Å². The van der Waals surface area contributed by atoms with Gasteiger partial charge >= 0.3 is 0 Å². The third-order valence-electron chi connectivity index (χ3n) is 6.16. The summed E-state index contributed by atoms with van der Waals surface area (Å²) >= 11 is 0. The van der Waals surface area contributed by atoms with Gasteiger partial charge in [-0.2, -0.15) is 0 Å². The Labute approximate surface area is 148 Å². The van der Waals surface area contributed by atoms with Crippen molar-refractivity contribution in [3.05, 3.63) is 35.4 Å². The van der Waals surface area contributed by atoms with Gasteiger partial charge in [-0.1, -0.05) is 38.1 Å². The molecule has 1 aromatic carbocycles. The fraction of sp³-hybridized carbons (Fsp3) is 0.714. The molecule has 1 unspecified atom stereocenters. The van der Waals surface area contributed by atoms with Gasteiger partial charge in [-0.05, 0) is 49.8 Å². The van der Waals surface area contributed by atoms with Crippen LogP contribution in [0.4, 0.5) is 0 Å². The van der Waals surface area contributed by atoms with E-state index >= 15 is 0 Å². The predicted octanol–water partition coefficient (Wildman–Crippen LogP) is 3.10. The van der Waals surface area contributed by atoms with Crippen LogP contribution < -0.4 is 5.32 Å². The highest BCUT2D eigenvalue weighted by Crippen LogP contribution is 2.38. The van der Waals surface area contributed by atoms with Gasteiger partial charge in [-0.15, -0.1) is 0 Å². The van der Waals surface area contributed by atoms with Crippen molar-refractivity contribution in [2.45, 2.75) is 51.6 Å². The number of nitrogens with zero attached hydrogens (tertiary/aromatic N) is 2. The molecular weight excluding hydrogens is 294 g/mol. The van der Waals surface area contributed by atoms with Gasteiger partial charge in [0.25, 0.3) is 0 Å². The molecule has 1 saturated carbocycles. The van der Waals surface area contributed by atoms with Gasteiger partial charge in [0, 0.05) is 44.8 Å². The van der Waals surface area contributed by atoms with E-state index in [0.29, 0.717) is 18.0 Å². The molecule has 134 valence electrons. The smallest absolute Gasteiger partial charge is 0.0244 e. The highest BCUT2D eigenvalue weighted by Gasteiger charge is 2.32. The first kappa shape index (κ1) is 17.9. The van der Waals surface area contributed by atoms with Crippen molar-refractivity contribution in [1.82, 2.24) is 15.1 Å². The van der Waals surface area contributed by atoms with Crippen LogP contribution in [0.25, 0.3) is 0 Å². The number of likely N-dealkylation sites (N-methyl/N-ethyl adjacent to an activating group) is 1. The Balaban J connectivity index is 1.46. The van der Waals surface area contributed by atoms with E-state index in [0.717, 1.165) is 12.5 Å². The zero-order valence-corrected chi connectivity index (χ0v) is 16.0. The molecule has 0 aromatic heterocycles. The van der Waals surface area contributed by atoms with Crippen LogP contribution in [0.15, 0.2) is 24.3 Å². The third kappa shape index (κ3) is 4.19. The number of rotatable bonds is 6. The molecule has 1 aromatic rings. The summed E-state index contributed by atoms with van der Waals surface area (Å²) in [7, 11) is 2.24. The lowest BCUT2D eigenvalue weighted by Gasteiger charge is -2.42. The monoisotopic (exact) mass is 329 g/mol. The molecule has 1 heterocycles. The van der Waals surface area contributed by atoms with E-state index in [1.165, 1.54) is 44.6 Å². The van der Waals surface area contributed by atoms with Crippen molar-refractivity contribution >= 4 is 0 Å². The van der Waals surface area contributed by atoms with E-state index in [9.17, 15) is 0 Å². The average molecular weight is 330 g/mol. The second-order valence-electron chi connectivity index (χ2n) is 8.28. The van der Waals surface area contributed by atoms with Gasteiger partial charge in [-0.25, -0.2) is 0 Å². The molecule has 1 saturated heterocycles. The number of nitrogens with one attached hydrogen (secondary N) is 1. The summed E-state index contributed by atoms with van der Waals surface area (Å²) in [6.07, 6.45) is 2.61. The second kappa shape index (κ2) is 7.99. The maximum Gasteiger partial charge on any atom is 0.0244 e. The quantitative estimate of drug-likeness (QED) is 0.865. The van der Waals surface area contributed by atoms with Crippen LogP contribution in [0.1, 0.15) is 43.7 Å². The van der Waals surface area contributed by atoms with E-state index in [4.69, 9.17) is 0 Å². The number of benzene rings is 1. The number of hydrogen-bond acceptors (Lipinski definition) is 3. The molecule has 3 heteroatoms. The number of hydrogen-bond donors (Lipinski definition) is 1. The molecule has 24 heavy (non-hydrogen) atoms. The molecular formula is C21H35N3. The molecule has 3 rings (SSSR count). The fourth-order valence-electron chi connectivity index (χ4n) is 4.31. The molecule has 2 aliphatic rings. The summed E-state index contributed by atoms with van der Waals surface area (Å²) in [5.41, 5.74) is 3.02. The van der Waals surface area contributed by atoms with E-state index in [-0.39, 0.29) is 0 Å². The number of piperazine rings is 1. The van der Waals surface area contributed by atoms with Crippen molar-refractivity contribution in [2.75, 3.05) is 39.8 Å². The molecule has 1 atom stereocenters. The first-order chi connectivity index (χ1) is 11.5. The minimum absolute atomic E-state index is 0.677. The highest BCUT2D eigenvalue weighted by atomic mass is 15.3. The Morgan fingerprint density at radius 1 is 1.08 bits per heavy atom. The summed E-state index contributed by atoms with van der Waals surface area (Å²) in [4.78, 5) is 5.15. The molecule has 0 spiro atoms. The van der Waals surface area contributed by atoms with E-state index in [1.807, 2.05) is 0 Å². The first-order valence-corrected chi connectivity index (χ1v) is 9.76. The molecule has 1 N–H and O–H groups in total. The topological polar surface area (TPSA) is 18.5 Å². The first-order valence-electron chi connectivity index (χ1n) is 9.76. The summed E-state index contributed by atoms with van der Waals surface area (Å²) in [6.45, 7) is 13.0. The summed E-state index contributed by atoms with van der Waals surface area (Å²) < 4.78 is 0. The van der Waals surface area contributed by atoms with E-state index < -0.39 is 0 Å². The van der Waals surface area contributed by atoms with Crippen LogP contribution in [0, 0.1) is 12.8 Å². The number of aryl methyl sites for hydroxylation is 1. The summed E-state index contributed by atoms with van der Waals surface area (Å²) in [6, 6.07) is 10.3. The lowest BCUT2D eigenvalue weighted by molar-refractivity contribution is 0.0830.